The molecular formula is C22H23NO7. The van der Waals surface area contributed by atoms with Crippen molar-refractivity contribution in [2.75, 3.05) is 7.11 Å². The Bertz CT molecular complexity index is 1030. The molecule has 1 fully saturated rings. The Morgan fingerprint density at radius 1 is 1.20 bits per heavy atom. The highest BCUT2D eigenvalue weighted by Gasteiger charge is 2.73. The lowest BCUT2D eigenvalue weighted by Crippen LogP contribution is -2.59. The number of rotatable bonds is 5. The Labute approximate surface area is 173 Å². The molecule has 2 aromatic rings. The summed E-state index contributed by atoms with van der Waals surface area (Å²) < 4.78 is 16.9. The standard InChI is InChI=1S/C22H23NO7/c1-4-14-10-11-15(29-14)16-12(2)17(24)21(30-16)19(26)22(28-3,23-20(21)27)18(25)13-8-6-5-7-9-13/h5-11,18-19,25-26H,4H2,1-3H3,(H,23,27)/t18?,19-,21-,22+/m1/s1. The van der Waals surface area contributed by atoms with Gasteiger partial charge in [-0.2, -0.15) is 0 Å². The number of hydrogen-bond donors (Lipinski definition) is 3. The van der Waals surface area contributed by atoms with Crippen molar-refractivity contribution < 1.29 is 33.7 Å². The summed E-state index contributed by atoms with van der Waals surface area (Å²) in [6.45, 7) is 3.42. The van der Waals surface area contributed by atoms with Crippen molar-refractivity contribution in [3.63, 3.8) is 0 Å². The summed E-state index contributed by atoms with van der Waals surface area (Å²) in [5.74, 6) is -0.558. The van der Waals surface area contributed by atoms with Crippen molar-refractivity contribution in [1.29, 1.82) is 0 Å². The fraction of sp³-hybridized carbons (Fsp3) is 0.364. The van der Waals surface area contributed by atoms with Crippen LogP contribution < -0.4 is 5.32 Å². The monoisotopic (exact) mass is 413 g/mol. The van der Waals surface area contributed by atoms with E-state index in [4.69, 9.17) is 13.9 Å². The van der Waals surface area contributed by atoms with Crippen LogP contribution in [0.1, 0.15) is 37.0 Å². The van der Waals surface area contributed by atoms with Gasteiger partial charge in [-0.05, 0) is 24.6 Å². The topological polar surface area (TPSA) is 118 Å². The van der Waals surface area contributed by atoms with E-state index in [9.17, 15) is 19.8 Å². The number of furan rings is 1. The second kappa shape index (κ2) is 7.09. The van der Waals surface area contributed by atoms with E-state index in [1.165, 1.54) is 14.0 Å². The summed E-state index contributed by atoms with van der Waals surface area (Å²) in [6, 6.07) is 11.8. The van der Waals surface area contributed by atoms with Crippen molar-refractivity contribution in [2.24, 2.45) is 0 Å². The van der Waals surface area contributed by atoms with Crippen LogP contribution in [0.2, 0.25) is 0 Å². The molecule has 1 amide bonds. The van der Waals surface area contributed by atoms with Gasteiger partial charge >= 0.3 is 0 Å². The lowest BCUT2D eigenvalue weighted by molar-refractivity contribution is -0.194. The zero-order valence-corrected chi connectivity index (χ0v) is 16.8. The molecule has 0 radical (unpaired) electrons. The van der Waals surface area contributed by atoms with Crippen LogP contribution in [0.5, 0.6) is 0 Å². The normalized spacial score (nSPS) is 29.4. The van der Waals surface area contributed by atoms with Gasteiger partial charge in [-0.1, -0.05) is 37.3 Å². The number of ketones is 1. The van der Waals surface area contributed by atoms with Crippen LogP contribution in [0.25, 0.3) is 5.76 Å². The number of aryl methyl sites for hydroxylation is 1. The lowest BCUT2D eigenvalue weighted by Gasteiger charge is -2.37. The Morgan fingerprint density at radius 3 is 2.50 bits per heavy atom. The van der Waals surface area contributed by atoms with Gasteiger partial charge in [0.25, 0.3) is 11.5 Å². The predicted molar refractivity (Wildman–Crippen MR) is 105 cm³/mol. The summed E-state index contributed by atoms with van der Waals surface area (Å²) in [6.07, 6.45) is -2.65. The van der Waals surface area contributed by atoms with Crippen LogP contribution in [-0.2, 0) is 25.5 Å². The average Bonchev–Trinajstić information content (AvgIpc) is 3.41. The van der Waals surface area contributed by atoms with E-state index in [2.05, 4.69) is 5.32 Å². The van der Waals surface area contributed by atoms with Crippen molar-refractivity contribution in [3.8, 4) is 0 Å². The molecule has 3 heterocycles. The van der Waals surface area contributed by atoms with E-state index in [0.717, 1.165) is 0 Å². The van der Waals surface area contributed by atoms with E-state index in [-0.39, 0.29) is 17.1 Å². The van der Waals surface area contributed by atoms with Crippen molar-refractivity contribution in [3.05, 3.63) is 65.1 Å². The maximum Gasteiger partial charge on any atom is 0.278 e. The second-order valence-electron chi connectivity index (χ2n) is 7.41. The number of aliphatic hydroxyl groups is 2. The van der Waals surface area contributed by atoms with Gasteiger partial charge in [0.2, 0.25) is 11.5 Å². The third kappa shape index (κ3) is 2.57. The SMILES string of the molecule is CCc1ccc(C2=C(C)C(=O)[C@]3(O2)C(=O)N[C@](OC)(C(O)c2ccccc2)[C@@H]3O)o1. The minimum Gasteiger partial charge on any atom is -0.462 e. The highest BCUT2D eigenvalue weighted by molar-refractivity contribution is 6.23. The van der Waals surface area contributed by atoms with Gasteiger partial charge in [-0.15, -0.1) is 0 Å². The average molecular weight is 413 g/mol. The smallest absolute Gasteiger partial charge is 0.278 e. The number of carbonyl (C=O) groups is 2. The van der Waals surface area contributed by atoms with Crippen molar-refractivity contribution >= 4 is 17.4 Å². The first-order chi connectivity index (χ1) is 14.3. The molecule has 1 aromatic heterocycles. The summed E-state index contributed by atoms with van der Waals surface area (Å²) in [5.41, 5.74) is -3.74. The van der Waals surface area contributed by atoms with E-state index in [1.807, 2.05) is 6.92 Å². The lowest BCUT2D eigenvalue weighted by atomic mass is 9.84. The minimum atomic E-state index is -2.29. The third-order valence-electron chi connectivity index (χ3n) is 5.81. The number of ether oxygens (including phenoxy) is 2. The summed E-state index contributed by atoms with van der Waals surface area (Å²) >= 11 is 0. The van der Waals surface area contributed by atoms with Crippen LogP contribution in [0.3, 0.4) is 0 Å². The molecular weight excluding hydrogens is 390 g/mol. The van der Waals surface area contributed by atoms with Gasteiger partial charge < -0.3 is 29.4 Å². The van der Waals surface area contributed by atoms with Gasteiger partial charge in [-0.25, -0.2) is 0 Å². The van der Waals surface area contributed by atoms with E-state index >= 15 is 0 Å². The molecule has 1 aromatic carbocycles. The molecule has 4 rings (SSSR count). The van der Waals surface area contributed by atoms with Crippen LogP contribution in [-0.4, -0.2) is 46.4 Å². The molecule has 2 aliphatic heterocycles. The molecule has 1 saturated heterocycles. The Kier molecular flexibility index (Phi) is 4.80. The second-order valence-corrected chi connectivity index (χ2v) is 7.41. The molecule has 1 unspecified atom stereocenters. The zero-order valence-electron chi connectivity index (χ0n) is 16.8. The zero-order chi connectivity index (χ0) is 21.7. The highest BCUT2D eigenvalue weighted by Crippen LogP contribution is 2.48. The first-order valence-electron chi connectivity index (χ1n) is 9.64. The fourth-order valence-corrected chi connectivity index (χ4v) is 4.06. The van der Waals surface area contributed by atoms with Crippen molar-refractivity contribution in [1.82, 2.24) is 5.32 Å². The predicted octanol–water partition coefficient (Wildman–Crippen LogP) is 1.48. The highest BCUT2D eigenvalue weighted by atomic mass is 16.6. The van der Waals surface area contributed by atoms with Gasteiger partial charge in [0.15, 0.2) is 17.6 Å². The number of Topliss-reactive ketones (excluding diaryl/α,β-unsaturated/α-hetero) is 1. The maximum absolute atomic E-state index is 13.2. The largest absolute Gasteiger partial charge is 0.462 e. The maximum atomic E-state index is 13.2. The number of hydrogen-bond acceptors (Lipinski definition) is 7. The first-order valence-corrected chi connectivity index (χ1v) is 9.64. The molecule has 0 bridgehead atoms. The van der Waals surface area contributed by atoms with Crippen LogP contribution in [0.4, 0.5) is 0 Å². The molecule has 8 nitrogen and oxygen atoms in total. The van der Waals surface area contributed by atoms with Gasteiger partial charge in [0.05, 0.1) is 0 Å². The number of benzene rings is 1. The van der Waals surface area contributed by atoms with Gasteiger partial charge in [-0.3, -0.25) is 9.59 Å². The van der Waals surface area contributed by atoms with Crippen LogP contribution in [0.15, 0.2) is 52.5 Å². The molecule has 158 valence electrons. The molecule has 2 aliphatic rings. The molecule has 3 N–H and O–H groups in total. The Morgan fingerprint density at radius 2 is 1.90 bits per heavy atom. The molecule has 4 atom stereocenters. The number of aliphatic hydroxyl groups excluding tert-OH is 2. The first kappa shape index (κ1) is 20.3. The Hall–Kier alpha value is -2.94. The number of methoxy groups -OCH3 is 1. The molecule has 1 spiro atoms. The molecule has 8 heteroatoms. The van der Waals surface area contributed by atoms with Gasteiger partial charge in [0, 0.05) is 19.1 Å². The van der Waals surface area contributed by atoms with E-state index in [1.54, 1.807) is 42.5 Å². The molecule has 30 heavy (non-hydrogen) atoms. The van der Waals surface area contributed by atoms with Crippen LogP contribution in [0, 0.1) is 0 Å². The summed E-state index contributed by atoms with van der Waals surface area (Å²) in [5, 5.41) is 24.7. The fourth-order valence-electron chi connectivity index (χ4n) is 4.06. The summed E-state index contributed by atoms with van der Waals surface area (Å²) in [7, 11) is 1.23. The number of nitrogens with one attached hydrogen (secondary N) is 1. The van der Waals surface area contributed by atoms with Gasteiger partial charge in [0.1, 0.15) is 11.9 Å². The quantitative estimate of drug-likeness (QED) is 0.636. The Balaban J connectivity index is 1.75. The summed E-state index contributed by atoms with van der Waals surface area (Å²) in [4.78, 5) is 26.2. The number of amides is 1. The van der Waals surface area contributed by atoms with Crippen molar-refractivity contribution in [2.45, 2.75) is 43.8 Å². The van der Waals surface area contributed by atoms with E-state index in [0.29, 0.717) is 17.7 Å². The molecule has 0 saturated carbocycles. The van der Waals surface area contributed by atoms with E-state index < -0.39 is 35.2 Å². The number of carbonyl (C=O) groups excluding carboxylic acids is 2. The van der Waals surface area contributed by atoms with Crippen LogP contribution >= 0.6 is 0 Å². The third-order valence-corrected chi connectivity index (χ3v) is 5.81. The minimum absolute atomic E-state index is 0.0787. The molecule has 0 aliphatic carbocycles.